The molecule has 0 fully saturated rings. The second-order valence-electron chi connectivity index (χ2n) is 7.46. The Bertz CT molecular complexity index is 813. The van der Waals surface area contributed by atoms with Gasteiger partial charge in [0.2, 0.25) is 0 Å². The van der Waals surface area contributed by atoms with Crippen molar-refractivity contribution in [1.29, 1.82) is 0 Å². The SMILES string of the molecule is Cc1ccc(C(NC(=S)Nc2ccc(C(=O)N(C)C)cc2)C(C)C)c(C)c1. The number of carbonyl (C=O) groups is 1. The Morgan fingerprint density at radius 2 is 1.67 bits per heavy atom. The summed E-state index contributed by atoms with van der Waals surface area (Å²) in [5, 5.41) is 7.23. The first-order valence-corrected chi connectivity index (χ1v) is 9.56. The lowest BCUT2D eigenvalue weighted by Crippen LogP contribution is -2.35. The summed E-state index contributed by atoms with van der Waals surface area (Å²) in [6.45, 7) is 8.60. The van der Waals surface area contributed by atoms with Gasteiger partial charge in [0.1, 0.15) is 0 Å². The number of nitrogens with one attached hydrogen (secondary N) is 2. The molecule has 0 saturated heterocycles. The third kappa shape index (κ3) is 5.54. The lowest BCUT2D eigenvalue weighted by molar-refractivity contribution is 0.0827. The van der Waals surface area contributed by atoms with Crippen LogP contribution in [0.5, 0.6) is 0 Å². The lowest BCUT2D eigenvalue weighted by atomic mass is 9.92. The maximum atomic E-state index is 12.0. The van der Waals surface area contributed by atoms with Gasteiger partial charge in [-0.15, -0.1) is 0 Å². The van der Waals surface area contributed by atoms with E-state index in [9.17, 15) is 4.79 Å². The second kappa shape index (κ2) is 9.00. The Kier molecular flexibility index (Phi) is 6.97. The Hall–Kier alpha value is -2.40. The van der Waals surface area contributed by atoms with Crippen LogP contribution in [0, 0.1) is 19.8 Å². The number of benzene rings is 2. The zero-order valence-electron chi connectivity index (χ0n) is 17.0. The Morgan fingerprint density at radius 3 is 2.19 bits per heavy atom. The molecule has 2 aromatic carbocycles. The van der Waals surface area contributed by atoms with Crippen LogP contribution in [0.15, 0.2) is 42.5 Å². The van der Waals surface area contributed by atoms with Gasteiger partial charge in [0, 0.05) is 25.3 Å². The Morgan fingerprint density at radius 1 is 1.04 bits per heavy atom. The molecule has 2 rings (SSSR count). The van der Waals surface area contributed by atoms with Crippen molar-refractivity contribution in [3.63, 3.8) is 0 Å². The normalized spacial score (nSPS) is 11.8. The zero-order chi connectivity index (χ0) is 20.1. The molecule has 1 amide bonds. The number of anilines is 1. The van der Waals surface area contributed by atoms with Gasteiger partial charge >= 0.3 is 0 Å². The highest BCUT2D eigenvalue weighted by Gasteiger charge is 2.19. The van der Waals surface area contributed by atoms with Crippen LogP contribution in [0.3, 0.4) is 0 Å². The van der Waals surface area contributed by atoms with E-state index in [2.05, 4.69) is 56.5 Å². The molecule has 1 atom stereocenters. The molecule has 2 aromatic rings. The van der Waals surface area contributed by atoms with E-state index in [1.165, 1.54) is 16.7 Å². The molecule has 0 saturated carbocycles. The zero-order valence-corrected chi connectivity index (χ0v) is 17.8. The second-order valence-corrected chi connectivity index (χ2v) is 7.87. The van der Waals surface area contributed by atoms with Gasteiger partial charge in [0.05, 0.1) is 6.04 Å². The van der Waals surface area contributed by atoms with Crippen LogP contribution in [0.2, 0.25) is 0 Å². The molecule has 0 bridgehead atoms. The van der Waals surface area contributed by atoms with Crippen LogP contribution < -0.4 is 10.6 Å². The van der Waals surface area contributed by atoms with Crippen LogP contribution in [0.25, 0.3) is 0 Å². The van der Waals surface area contributed by atoms with E-state index in [1.54, 1.807) is 31.1 Å². The molecule has 4 nitrogen and oxygen atoms in total. The predicted molar refractivity (Wildman–Crippen MR) is 117 cm³/mol. The van der Waals surface area contributed by atoms with Crippen molar-refractivity contribution in [3.05, 3.63) is 64.7 Å². The summed E-state index contributed by atoms with van der Waals surface area (Å²) in [7, 11) is 3.49. The summed E-state index contributed by atoms with van der Waals surface area (Å²) < 4.78 is 0. The largest absolute Gasteiger partial charge is 0.355 e. The predicted octanol–water partition coefficient (Wildman–Crippen LogP) is 4.69. The van der Waals surface area contributed by atoms with Crippen molar-refractivity contribution in [2.75, 3.05) is 19.4 Å². The van der Waals surface area contributed by atoms with E-state index in [0.717, 1.165) is 5.69 Å². The van der Waals surface area contributed by atoms with Gasteiger partial charge in [-0.05, 0) is 67.4 Å². The molecular formula is C22H29N3OS. The van der Waals surface area contributed by atoms with Gasteiger partial charge in [-0.3, -0.25) is 4.79 Å². The number of carbonyl (C=O) groups excluding carboxylic acids is 1. The molecule has 0 aromatic heterocycles. The van der Waals surface area contributed by atoms with Crippen molar-refractivity contribution in [1.82, 2.24) is 10.2 Å². The minimum atomic E-state index is -0.0167. The quantitative estimate of drug-likeness (QED) is 0.735. The van der Waals surface area contributed by atoms with E-state index in [-0.39, 0.29) is 11.9 Å². The molecule has 1 unspecified atom stereocenters. The standard InChI is InChI=1S/C22H29N3OS/c1-14(2)20(19-12-7-15(3)13-16(19)4)24-22(27)23-18-10-8-17(9-11-18)21(26)25(5)6/h7-14,20H,1-6H3,(H2,23,24,27). The monoisotopic (exact) mass is 383 g/mol. The van der Waals surface area contributed by atoms with E-state index in [0.29, 0.717) is 16.6 Å². The highest BCUT2D eigenvalue weighted by atomic mass is 32.1. The molecule has 0 aliphatic rings. The molecule has 0 heterocycles. The minimum Gasteiger partial charge on any atom is -0.355 e. The van der Waals surface area contributed by atoms with Gasteiger partial charge in [0.25, 0.3) is 5.91 Å². The molecule has 2 N–H and O–H groups in total. The average molecular weight is 384 g/mol. The summed E-state index contributed by atoms with van der Waals surface area (Å²) >= 11 is 5.53. The average Bonchev–Trinajstić information content (AvgIpc) is 2.60. The van der Waals surface area contributed by atoms with Crippen LogP contribution in [-0.4, -0.2) is 30.0 Å². The number of amides is 1. The van der Waals surface area contributed by atoms with Crippen molar-refractivity contribution < 1.29 is 4.79 Å². The Labute approximate surface area is 168 Å². The fourth-order valence-electron chi connectivity index (χ4n) is 3.04. The van der Waals surface area contributed by atoms with Crippen LogP contribution in [-0.2, 0) is 0 Å². The summed E-state index contributed by atoms with van der Waals surface area (Å²) in [5.41, 5.74) is 5.28. The number of hydrogen-bond acceptors (Lipinski definition) is 2. The number of hydrogen-bond donors (Lipinski definition) is 2. The molecule has 0 radical (unpaired) electrons. The minimum absolute atomic E-state index is 0.0167. The molecule has 0 spiro atoms. The highest BCUT2D eigenvalue weighted by molar-refractivity contribution is 7.80. The van der Waals surface area contributed by atoms with Gasteiger partial charge in [-0.1, -0.05) is 37.6 Å². The third-order valence-electron chi connectivity index (χ3n) is 4.51. The van der Waals surface area contributed by atoms with E-state index in [4.69, 9.17) is 12.2 Å². The molecule has 0 aliphatic heterocycles. The van der Waals surface area contributed by atoms with Crippen molar-refractivity contribution in [2.24, 2.45) is 5.92 Å². The van der Waals surface area contributed by atoms with E-state index >= 15 is 0 Å². The number of thiocarbonyl (C=S) groups is 1. The summed E-state index contributed by atoms with van der Waals surface area (Å²) in [6.07, 6.45) is 0. The maximum Gasteiger partial charge on any atom is 0.253 e. The summed E-state index contributed by atoms with van der Waals surface area (Å²) in [4.78, 5) is 13.5. The van der Waals surface area contributed by atoms with Crippen LogP contribution in [0.4, 0.5) is 5.69 Å². The van der Waals surface area contributed by atoms with E-state index in [1.807, 2.05) is 12.1 Å². The van der Waals surface area contributed by atoms with Gasteiger partial charge in [-0.2, -0.15) is 0 Å². The molecule has 0 aliphatic carbocycles. The van der Waals surface area contributed by atoms with Crippen LogP contribution >= 0.6 is 12.2 Å². The van der Waals surface area contributed by atoms with Crippen molar-refractivity contribution >= 4 is 28.9 Å². The third-order valence-corrected chi connectivity index (χ3v) is 4.73. The fraction of sp³-hybridized carbons (Fsp3) is 0.364. The van der Waals surface area contributed by atoms with Crippen molar-refractivity contribution in [2.45, 2.75) is 33.7 Å². The summed E-state index contributed by atoms with van der Waals surface area (Å²) in [5.74, 6) is 0.364. The molecule has 27 heavy (non-hydrogen) atoms. The molecular weight excluding hydrogens is 354 g/mol. The molecule has 144 valence electrons. The first-order chi connectivity index (χ1) is 12.7. The lowest BCUT2D eigenvalue weighted by Gasteiger charge is -2.26. The van der Waals surface area contributed by atoms with E-state index < -0.39 is 0 Å². The first-order valence-electron chi connectivity index (χ1n) is 9.15. The Balaban J connectivity index is 2.09. The molecule has 5 heteroatoms. The maximum absolute atomic E-state index is 12.0. The fourth-order valence-corrected chi connectivity index (χ4v) is 3.29. The first kappa shape index (κ1) is 20.9. The topological polar surface area (TPSA) is 44.4 Å². The van der Waals surface area contributed by atoms with Crippen LogP contribution in [0.1, 0.15) is 46.9 Å². The number of nitrogens with zero attached hydrogens (tertiary/aromatic N) is 1. The number of rotatable bonds is 5. The highest BCUT2D eigenvalue weighted by Crippen LogP contribution is 2.25. The smallest absolute Gasteiger partial charge is 0.253 e. The summed E-state index contributed by atoms with van der Waals surface area (Å²) in [6, 6.07) is 14.0. The van der Waals surface area contributed by atoms with Crippen molar-refractivity contribution in [3.8, 4) is 0 Å². The van der Waals surface area contributed by atoms with Gasteiger partial charge < -0.3 is 15.5 Å². The van der Waals surface area contributed by atoms with Gasteiger partial charge in [0.15, 0.2) is 5.11 Å². The van der Waals surface area contributed by atoms with Gasteiger partial charge in [-0.25, -0.2) is 0 Å². The number of aryl methyl sites for hydroxylation is 2.